The van der Waals surface area contributed by atoms with Gasteiger partial charge in [-0.1, -0.05) is 30.3 Å². The van der Waals surface area contributed by atoms with Crippen molar-refractivity contribution in [2.75, 3.05) is 20.3 Å². The summed E-state index contributed by atoms with van der Waals surface area (Å²) in [6.45, 7) is 0.464. The molecule has 0 saturated heterocycles. The number of furan rings is 1. The van der Waals surface area contributed by atoms with Gasteiger partial charge in [0.1, 0.15) is 11.4 Å². The third kappa shape index (κ3) is 2.78. The van der Waals surface area contributed by atoms with Crippen LogP contribution in [0, 0.1) is 0 Å². The number of amides is 1. The zero-order chi connectivity index (χ0) is 18.1. The van der Waals surface area contributed by atoms with Gasteiger partial charge in [-0.2, -0.15) is 0 Å². The van der Waals surface area contributed by atoms with Crippen LogP contribution in [0.25, 0.3) is 11.0 Å². The first kappa shape index (κ1) is 16.5. The van der Waals surface area contributed by atoms with Gasteiger partial charge in [-0.05, 0) is 18.2 Å². The number of ether oxygens (including phenoxy) is 2. The van der Waals surface area contributed by atoms with Crippen LogP contribution < -0.4 is 14.8 Å². The lowest BCUT2D eigenvalue weighted by Crippen LogP contribution is -2.43. The molecule has 0 radical (unpaired) electrons. The minimum atomic E-state index is -1.17. The second-order valence-corrected chi connectivity index (χ2v) is 6.30. The number of methoxy groups -OCH3 is 1. The number of para-hydroxylation sites is 2. The fourth-order valence-corrected chi connectivity index (χ4v) is 3.25. The Hall–Kier alpha value is -2.99. The quantitative estimate of drug-likeness (QED) is 0.754. The van der Waals surface area contributed by atoms with E-state index in [2.05, 4.69) is 5.32 Å². The first-order chi connectivity index (χ1) is 12.6. The molecule has 2 heterocycles. The molecule has 2 aromatic carbocycles. The molecule has 1 amide bonds. The number of benzene rings is 2. The highest BCUT2D eigenvalue weighted by Gasteiger charge is 2.36. The molecule has 26 heavy (non-hydrogen) atoms. The van der Waals surface area contributed by atoms with Crippen molar-refractivity contribution >= 4 is 16.9 Å². The molecule has 0 fully saturated rings. The van der Waals surface area contributed by atoms with Crippen molar-refractivity contribution in [3.05, 3.63) is 59.9 Å². The standard InChI is InChI=1S/C20H19NO5/c1-24-16-8-4-5-13-11-17(26-18(13)16)19(22)21-12-20(23)9-10-25-15-7-3-2-6-14(15)20/h2-8,11,23H,9-10,12H2,1H3,(H,21,22)/t20-/m1/s1. The Morgan fingerprint density at radius 3 is 2.96 bits per heavy atom. The van der Waals surface area contributed by atoms with Gasteiger partial charge in [0.2, 0.25) is 0 Å². The van der Waals surface area contributed by atoms with E-state index in [1.807, 2.05) is 36.4 Å². The van der Waals surface area contributed by atoms with Gasteiger partial charge in [0.25, 0.3) is 5.91 Å². The van der Waals surface area contributed by atoms with Crippen molar-refractivity contribution in [1.29, 1.82) is 0 Å². The molecule has 0 spiro atoms. The summed E-state index contributed by atoms with van der Waals surface area (Å²) in [4.78, 5) is 12.5. The summed E-state index contributed by atoms with van der Waals surface area (Å²) >= 11 is 0. The molecule has 6 nitrogen and oxygen atoms in total. The van der Waals surface area contributed by atoms with Gasteiger partial charge in [0.05, 0.1) is 20.3 Å². The maximum absolute atomic E-state index is 12.5. The van der Waals surface area contributed by atoms with Gasteiger partial charge >= 0.3 is 0 Å². The van der Waals surface area contributed by atoms with Gasteiger partial charge in [-0.25, -0.2) is 0 Å². The predicted octanol–water partition coefficient (Wildman–Crippen LogP) is 2.84. The number of carbonyl (C=O) groups excluding carboxylic acids is 1. The van der Waals surface area contributed by atoms with Crippen molar-refractivity contribution in [3.8, 4) is 11.5 Å². The van der Waals surface area contributed by atoms with Crippen molar-refractivity contribution in [2.45, 2.75) is 12.0 Å². The molecule has 1 aliphatic heterocycles. The lowest BCUT2D eigenvalue weighted by molar-refractivity contribution is -0.00179. The van der Waals surface area contributed by atoms with Crippen LogP contribution in [0.5, 0.6) is 11.5 Å². The summed E-state index contributed by atoms with van der Waals surface area (Å²) in [6.07, 6.45) is 0.401. The van der Waals surface area contributed by atoms with E-state index in [1.165, 1.54) is 0 Å². The third-order valence-corrected chi connectivity index (χ3v) is 4.65. The van der Waals surface area contributed by atoms with E-state index in [4.69, 9.17) is 13.9 Å². The molecule has 6 heteroatoms. The van der Waals surface area contributed by atoms with Gasteiger partial charge in [0.15, 0.2) is 17.1 Å². The van der Waals surface area contributed by atoms with Crippen LogP contribution in [0.2, 0.25) is 0 Å². The second-order valence-electron chi connectivity index (χ2n) is 6.30. The van der Waals surface area contributed by atoms with E-state index in [-0.39, 0.29) is 18.2 Å². The minimum absolute atomic E-state index is 0.0698. The fourth-order valence-electron chi connectivity index (χ4n) is 3.25. The molecule has 134 valence electrons. The topological polar surface area (TPSA) is 80.9 Å². The molecule has 0 saturated carbocycles. The number of carbonyl (C=O) groups is 1. The van der Waals surface area contributed by atoms with Crippen molar-refractivity contribution in [3.63, 3.8) is 0 Å². The van der Waals surface area contributed by atoms with Gasteiger partial charge in [-0.15, -0.1) is 0 Å². The first-order valence-corrected chi connectivity index (χ1v) is 8.40. The van der Waals surface area contributed by atoms with Gasteiger partial charge < -0.3 is 24.3 Å². The molecular weight excluding hydrogens is 334 g/mol. The summed E-state index contributed by atoms with van der Waals surface area (Å²) in [5, 5.41) is 14.5. The van der Waals surface area contributed by atoms with Crippen LogP contribution >= 0.6 is 0 Å². The Morgan fingerprint density at radius 1 is 1.27 bits per heavy atom. The average Bonchev–Trinajstić information content (AvgIpc) is 3.11. The SMILES string of the molecule is COc1cccc2cc(C(=O)NC[C@]3(O)CCOc4ccccc43)oc12. The minimum Gasteiger partial charge on any atom is -0.493 e. The maximum atomic E-state index is 12.5. The second kappa shape index (κ2) is 6.38. The monoisotopic (exact) mass is 353 g/mol. The van der Waals surface area contributed by atoms with Crippen LogP contribution in [0.1, 0.15) is 22.5 Å². The molecule has 1 aliphatic rings. The number of nitrogens with one attached hydrogen (secondary N) is 1. The Balaban J connectivity index is 1.55. The number of fused-ring (bicyclic) bond motifs is 2. The Morgan fingerprint density at radius 2 is 2.12 bits per heavy atom. The lowest BCUT2D eigenvalue weighted by Gasteiger charge is -2.34. The Labute approximate surface area is 150 Å². The van der Waals surface area contributed by atoms with E-state index in [9.17, 15) is 9.90 Å². The van der Waals surface area contributed by atoms with Gasteiger partial charge in [-0.3, -0.25) is 4.79 Å². The average molecular weight is 353 g/mol. The molecule has 2 N–H and O–H groups in total. The number of aliphatic hydroxyl groups is 1. The number of hydrogen-bond acceptors (Lipinski definition) is 5. The van der Waals surface area contributed by atoms with Crippen LogP contribution in [0.3, 0.4) is 0 Å². The first-order valence-electron chi connectivity index (χ1n) is 8.40. The summed E-state index contributed by atoms with van der Waals surface area (Å²) in [5.74, 6) is 0.997. The summed E-state index contributed by atoms with van der Waals surface area (Å²) < 4.78 is 16.5. The van der Waals surface area contributed by atoms with Crippen LogP contribution in [0.15, 0.2) is 52.9 Å². The highest BCUT2D eigenvalue weighted by atomic mass is 16.5. The van der Waals surface area contributed by atoms with Crippen LogP contribution in [0.4, 0.5) is 0 Å². The lowest BCUT2D eigenvalue weighted by atomic mass is 9.88. The number of hydrogen-bond donors (Lipinski definition) is 2. The zero-order valence-corrected chi connectivity index (χ0v) is 14.3. The molecule has 1 aromatic heterocycles. The molecule has 0 unspecified atom stereocenters. The maximum Gasteiger partial charge on any atom is 0.287 e. The molecular formula is C20H19NO5. The van der Waals surface area contributed by atoms with Crippen molar-refractivity contribution < 1.29 is 23.8 Å². The number of rotatable bonds is 4. The smallest absolute Gasteiger partial charge is 0.287 e. The van der Waals surface area contributed by atoms with E-state index in [1.54, 1.807) is 19.2 Å². The largest absolute Gasteiger partial charge is 0.493 e. The summed E-state index contributed by atoms with van der Waals surface area (Å²) in [5.41, 5.74) is 0.0295. The van der Waals surface area contributed by atoms with E-state index >= 15 is 0 Å². The fraction of sp³-hybridized carbons (Fsp3) is 0.250. The van der Waals surface area contributed by atoms with E-state index in [0.29, 0.717) is 35.7 Å². The molecule has 4 rings (SSSR count). The molecule has 3 aromatic rings. The zero-order valence-electron chi connectivity index (χ0n) is 14.3. The van der Waals surface area contributed by atoms with Gasteiger partial charge in [0, 0.05) is 17.4 Å². The van der Waals surface area contributed by atoms with Crippen LogP contribution in [-0.2, 0) is 5.60 Å². The third-order valence-electron chi connectivity index (χ3n) is 4.65. The van der Waals surface area contributed by atoms with Crippen molar-refractivity contribution in [2.24, 2.45) is 0 Å². The predicted molar refractivity (Wildman–Crippen MR) is 95.6 cm³/mol. The Kier molecular flexibility index (Phi) is 4.05. The highest BCUT2D eigenvalue weighted by molar-refractivity contribution is 5.97. The molecule has 0 aliphatic carbocycles. The molecule has 0 bridgehead atoms. The summed E-state index contributed by atoms with van der Waals surface area (Å²) in [7, 11) is 1.55. The summed E-state index contributed by atoms with van der Waals surface area (Å²) in [6, 6.07) is 14.4. The van der Waals surface area contributed by atoms with Crippen LogP contribution in [-0.4, -0.2) is 31.3 Å². The van der Waals surface area contributed by atoms with E-state index in [0.717, 1.165) is 5.39 Å². The Bertz CT molecular complexity index is 964. The van der Waals surface area contributed by atoms with E-state index < -0.39 is 5.60 Å². The van der Waals surface area contributed by atoms with Crippen molar-refractivity contribution in [1.82, 2.24) is 5.32 Å². The highest BCUT2D eigenvalue weighted by Crippen LogP contribution is 2.36. The molecule has 1 atom stereocenters. The normalized spacial score (nSPS) is 18.8.